The van der Waals surface area contributed by atoms with Crippen molar-refractivity contribution in [2.75, 3.05) is 28.4 Å². The summed E-state index contributed by atoms with van der Waals surface area (Å²) in [5.74, 6) is 2.39. The van der Waals surface area contributed by atoms with Crippen molar-refractivity contribution in [2.24, 2.45) is 0 Å². The van der Waals surface area contributed by atoms with Gasteiger partial charge in [-0.15, -0.1) is 0 Å². The lowest BCUT2D eigenvalue weighted by atomic mass is 9.85. The van der Waals surface area contributed by atoms with E-state index in [0.717, 1.165) is 43.8 Å². The van der Waals surface area contributed by atoms with E-state index in [0.29, 0.717) is 34.1 Å². The Bertz CT molecular complexity index is 1560. The molecule has 0 heterocycles. The molecule has 0 fully saturated rings. The number of nitriles is 2. The van der Waals surface area contributed by atoms with Crippen LogP contribution in [0.4, 0.5) is 0 Å². The van der Waals surface area contributed by atoms with Crippen LogP contribution in [0.5, 0.6) is 23.0 Å². The summed E-state index contributed by atoms with van der Waals surface area (Å²) in [5.41, 5.74) is 4.94. The molecule has 0 saturated carbocycles. The lowest BCUT2D eigenvalue weighted by Gasteiger charge is -2.21. The van der Waals surface area contributed by atoms with Gasteiger partial charge in [0.15, 0.2) is 23.0 Å². The molecule has 6 nitrogen and oxygen atoms in total. The molecule has 0 aliphatic carbocycles. The summed E-state index contributed by atoms with van der Waals surface area (Å²) in [4.78, 5) is 0. The Labute approximate surface area is 220 Å². The van der Waals surface area contributed by atoms with Gasteiger partial charge < -0.3 is 18.9 Å². The Morgan fingerprint density at radius 3 is 0.921 bits per heavy atom. The van der Waals surface area contributed by atoms with Crippen molar-refractivity contribution in [3.63, 3.8) is 0 Å². The number of hydrogen-bond acceptors (Lipinski definition) is 6. The third-order valence-electron chi connectivity index (χ3n) is 6.73. The van der Waals surface area contributed by atoms with E-state index in [9.17, 15) is 10.5 Å². The molecule has 0 bridgehead atoms. The molecule has 5 aromatic rings. The van der Waals surface area contributed by atoms with Crippen LogP contribution in [-0.2, 0) is 0 Å². The zero-order chi connectivity index (χ0) is 26.8. The van der Waals surface area contributed by atoms with Crippen LogP contribution in [0.2, 0.25) is 0 Å². The van der Waals surface area contributed by atoms with Gasteiger partial charge in [0.1, 0.15) is 0 Å². The molecular weight excluding hydrogens is 476 g/mol. The summed E-state index contributed by atoms with van der Waals surface area (Å²) in [6, 6.07) is 27.3. The fourth-order valence-corrected chi connectivity index (χ4v) is 4.92. The van der Waals surface area contributed by atoms with Crippen LogP contribution in [0, 0.1) is 22.7 Å². The Hall–Kier alpha value is -5.20. The first-order valence-corrected chi connectivity index (χ1v) is 11.8. The first-order valence-electron chi connectivity index (χ1n) is 11.8. The van der Waals surface area contributed by atoms with E-state index in [4.69, 9.17) is 18.9 Å². The second kappa shape index (κ2) is 10.0. The smallest absolute Gasteiger partial charge is 0.161 e. The van der Waals surface area contributed by atoms with E-state index in [1.165, 1.54) is 0 Å². The highest BCUT2D eigenvalue weighted by atomic mass is 16.5. The number of nitrogens with zero attached hydrogens (tertiary/aromatic N) is 2. The van der Waals surface area contributed by atoms with Crippen LogP contribution in [0.3, 0.4) is 0 Å². The third-order valence-corrected chi connectivity index (χ3v) is 6.73. The predicted molar refractivity (Wildman–Crippen MR) is 148 cm³/mol. The molecule has 5 rings (SSSR count). The van der Waals surface area contributed by atoms with Gasteiger partial charge in [0, 0.05) is 0 Å². The molecular formula is C32H24N2O4. The van der Waals surface area contributed by atoms with E-state index in [1.54, 1.807) is 28.4 Å². The quantitative estimate of drug-likeness (QED) is 0.231. The van der Waals surface area contributed by atoms with Crippen LogP contribution in [0.15, 0.2) is 72.8 Å². The molecule has 0 unspecified atom stereocenters. The lowest BCUT2D eigenvalue weighted by Crippen LogP contribution is -1.97. The van der Waals surface area contributed by atoms with Crippen molar-refractivity contribution in [3.8, 4) is 57.4 Å². The van der Waals surface area contributed by atoms with E-state index >= 15 is 0 Å². The monoisotopic (exact) mass is 500 g/mol. The van der Waals surface area contributed by atoms with Crippen molar-refractivity contribution >= 4 is 21.5 Å². The van der Waals surface area contributed by atoms with Gasteiger partial charge in [-0.3, -0.25) is 0 Å². The van der Waals surface area contributed by atoms with Crippen molar-refractivity contribution in [3.05, 3.63) is 83.9 Å². The van der Waals surface area contributed by atoms with E-state index < -0.39 is 0 Å². The minimum absolute atomic E-state index is 0.579. The number of fused-ring (bicyclic) bond motifs is 2. The first-order chi connectivity index (χ1) is 18.6. The highest BCUT2D eigenvalue weighted by molar-refractivity contribution is 6.22. The van der Waals surface area contributed by atoms with E-state index in [2.05, 4.69) is 12.1 Å². The molecule has 0 amide bonds. The zero-order valence-electron chi connectivity index (χ0n) is 21.5. The summed E-state index contributed by atoms with van der Waals surface area (Å²) >= 11 is 0. The predicted octanol–water partition coefficient (Wildman–Crippen LogP) is 7.10. The average molecular weight is 501 g/mol. The van der Waals surface area contributed by atoms with Crippen molar-refractivity contribution < 1.29 is 18.9 Å². The molecule has 0 aliphatic heterocycles. The van der Waals surface area contributed by atoms with E-state index in [1.807, 2.05) is 72.8 Å². The highest BCUT2D eigenvalue weighted by Crippen LogP contribution is 2.49. The topological polar surface area (TPSA) is 84.5 Å². The van der Waals surface area contributed by atoms with Gasteiger partial charge in [0.05, 0.1) is 51.7 Å². The number of methoxy groups -OCH3 is 4. The highest BCUT2D eigenvalue weighted by Gasteiger charge is 2.22. The normalized spacial score (nSPS) is 10.6. The number of rotatable bonds is 6. The molecule has 0 radical (unpaired) electrons. The van der Waals surface area contributed by atoms with Crippen molar-refractivity contribution in [1.82, 2.24) is 0 Å². The Balaban J connectivity index is 2.04. The standard InChI is InChI=1S/C32H24N2O4/c1-35-27-13-23-24(14-28(27)36-2)32(22-11-7-20(18-34)8-12-22)26-16-30(38-4)29(37-3)15-25(26)31(23)21-9-5-19(17-33)6-10-21/h5-16H,1-4H3. The summed E-state index contributed by atoms with van der Waals surface area (Å²) < 4.78 is 22.8. The molecule has 0 aromatic heterocycles. The second-order valence-corrected chi connectivity index (χ2v) is 8.63. The maximum absolute atomic E-state index is 9.36. The van der Waals surface area contributed by atoms with Crippen molar-refractivity contribution in [1.29, 1.82) is 10.5 Å². The Kier molecular flexibility index (Phi) is 6.47. The maximum atomic E-state index is 9.36. The zero-order valence-corrected chi connectivity index (χ0v) is 21.5. The number of benzene rings is 5. The summed E-state index contributed by atoms with van der Waals surface area (Å²) in [6.07, 6.45) is 0. The van der Waals surface area contributed by atoms with Crippen molar-refractivity contribution in [2.45, 2.75) is 0 Å². The SMILES string of the molecule is COc1cc2c(-c3ccc(C#N)cc3)c3cc(OC)c(OC)cc3c(-c3ccc(C#N)cc3)c2cc1OC. The van der Waals surface area contributed by atoms with Gasteiger partial charge in [-0.2, -0.15) is 10.5 Å². The largest absolute Gasteiger partial charge is 0.493 e. The summed E-state index contributed by atoms with van der Waals surface area (Å²) in [7, 11) is 6.45. The second-order valence-electron chi connectivity index (χ2n) is 8.63. The Morgan fingerprint density at radius 1 is 0.447 bits per heavy atom. The number of hydrogen-bond donors (Lipinski definition) is 0. The van der Waals surface area contributed by atoms with Crippen LogP contribution < -0.4 is 18.9 Å². The third kappa shape index (κ3) is 3.99. The van der Waals surface area contributed by atoms with Crippen LogP contribution in [-0.4, -0.2) is 28.4 Å². The van der Waals surface area contributed by atoms with Gasteiger partial charge >= 0.3 is 0 Å². The fraction of sp³-hybridized carbons (Fsp3) is 0.125. The van der Waals surface area contributed by atoms with Gasteiger partial charge in [-0.1, -0.05) is 24.3 Å². The average Bonchev–Trinajstić information content (AvgIpc) is 2.98. The number of ether oxygens (including phenoxy) is 4. The summed E-state index contributed by atoms with van der Waals surface area (Å²) in [6.45, 7) is 0. The molecule has 0 N–H and O–H groups in total. The molecule has 0 atom stereocenters. The molecule has 0 aliphatic rings. The molecule has 38 heavy (non-hydrogen) atoms. The van der Waals surface area contributed by atoms with Gasteiger partial charge in [-0.05, 0) is 92.3 Å². The maximum Gasteiger partial charge on any atom is 0.161 e. The first kappa shape index (κ1) is 24.5. The van der Waals surface area contributed by atoms with Gasteiger partial charge in [0.2, 0.25) is 0 Å². The molecule has 0 saturated heterocycles. The Morgan fingerprint density at radius 2 is 0.711 bits per heavy atom. The fourth-order valence-electron chi connectivity index (χ4n) is 4.92. The lowest BCUT2D eigenvalue weighted by molar-refractivity contribution is 0.355. The van der Waals surface area contributed by atoms with Crippen LogP contribution in [0.1, 0.15) is 11.1 Å². The molecule has 5 aromatic carbocycles. The minimum Gasteiger partial charge on any atom is -0.493 e. The summed E-state index contributed by atoms with van der Waals surface area (Å²) in [5, 5.41) is 22.5. The molecule has 0 spiro atoms. The minimum atomic E-state index is 0.579. The van der Waals surface area contributed by atoms with Crippen LogP contribution >= 0.6 is 0 Å². The van der Waals surface area contributed by atoms with Gasteiger partial charge in [-0.25, -0.2) is 0 Å². The molecule has 6 heteroatoms. The van der Waals surface area contributed by atoms with Gasteiger partial charge in [0.25, 0.3) is 0 Å². The van der Waals surface area contributed by atoms with Crippen LogP contribution in [0.25, 0.3) is 43.8 Å². The molecule has 186 valence electrons. The van der Waals surface area contributed by atoms with E-state index in [-0.39, 0.29) is 0 Å².